The summed E-state index contributed by atoms with van der Waals surface area (Å²) >= 11 is 0. The van der Waals surface area contributed by atoms with Gasteiger partial charge in [-0.3, -0.25) is 24.3 Å². The number of carbonyl (C=O) groups excluding carboxylic acids is 2. The van der Waals surface area contributed by atoms with E-state index in [-0.39, 0.29) is 23.3 Å². The Balaban J connectivity index is 1.79. The first-order valence-electron chi connectivity index (χ1n) is 14.4. The second-order valence-electron chi connectivity index (χ2n) is 12.1. The van der Waals surface area contributed by atoms with Gasteiger partial charge in [0, 0.05) is 29.7 Å². The van der Waals surface area contributed by atoms with Crippen LogP contribution in [0.2, 0.25) is 0 Å². The first-order valence-corrected chi connectivity index (χ1v) is 14.4. The van der Waals surface area contributed by atoms with E-state index in [9.17, 15) is 14.7 Å². The van der Waals surface area contributed by atoms with Crippen LogP contribution in [0.25, 0.3) is 4.85 Å². The first-order chi connectivity index (χ1) is 18.7. The van der Waals surface area contributed by atoms with E-state index in [1.165, 1.54) is 6.42 Å². The molecule has 0 bridgehead atoms. The normalized spacial score (nSPS) is 21.8. The van der Waals surface area contributed by atoms with Gasteiger partial charge in [0.05, 0.1) is 11.8 Å². The molecule has 0 radical (unpaired) electrons. The quantitative estimate of drug-likeness (QED) is 0.433. The van der Waals surface area contributed by atoms with Crippen molar-refractivity contribution in [2.45, 2.75) is 102 Å². The third-order valence-electron chi connectivity index (χ3n) is 8.36. The van der Waals surface area contributed by atoms with Crippen molar-refractivity contribution in [1.82, 2.24) is 10.3 Å². The van der Waals surface area contributed by atoms with E-state index in [0.717, 1.165) is 44.1 Å². The number of aromatic nitrogens is 1. The molecule has 3 unspecified atom stereocenters. The van der Waals surface area contributed by atoms with E-state index < -0.39 is 24.1 Å². The predicted octanol–water partition coefficient (Wildman–Crippen LogP) is 5.95. The highest BCUT2D eigenvalue weighted by Gasteiger charge is 2.44. The van der Waals surface area contributed by atoms with Crippen LogP contribution < -0.4 is 10.2 Å². The van der Waals surface area contributed by atoms with Crippen molar-refractivity contribution in [1.29, 1.82) is 0 Å². The number of anilines is 1. The van der Waals surface area contributed by atoms with Crippen LogP contribution >= 0.6 is 0 Å². The molecular formula is C32H42N4O3. The summed E-state index contributed by atoms with van der Waals surface area (Å²) in [6.07, 6.45) is 10.2. The van der Waals surface area contributed by atoms with Crippen LogP contribution in [0.5, 0.6) is 0 Å². The molecule has 2 fully saturated rings. The summed E-state index contributed by atoms with van der Waals surface area (Å²) in [6, 6.07) is 10.7. The number of pyridine rings is 1. The molecule has 1 aromatic carbocycles. The van der Waals surface area contributed by atoms with Gasteiger partial charge in [-0.1, -0.05) is 71.1 Å². The van der Waals surface area contributed by atoms with Gasteiger partial charge in [-0.25, -0.2) is 6.57 Å². The second-order valence-corrected chi connectivity index (χ2v) is 12.1. The summed E-state index contributed by atoms with van der Waals surface area (Å²) < 4.78 is 0. The number of hydrogen-bond acceptors (Lipinski definition) is 4. The number of aliphatic hydroxyl groups is 1. The van der Waals surface area contributed by atoms with Crippen LogP contribution in [0.4, 0.5) is 5.69 Å². The number of rotatable bonds is 7. The molecule has 0 aliphatic heterocycles. The molecule has 2 aliphatic carbocycles. The van der Waals surface area contributed by atoms with Gasteiger partial charge in [-0.2, -0.15) is 0 Å². The molecule has 0 spiro atoms. The average molecular weight is 531 g/mol. The number of carbonyl (C=O) groups is 2. The monoisotopic (exact) mass is 530 g/mol. The topological polar surface area (TPSA) is 86.9 Å². The lowest BCUT2D eigenvalue weighted by atomic mass is 9.77. The highest BCUT2D eigenvalue weighted by atomic mass is 16.3. The first kappa shape index (κ1) is 28.8. The number of amides is 2. The fourth-order valence-corrected chi connectivity index (χ4v) is 6.11. The fourth-order valence-electron chi connectivity index (χ4n) is 6.11. The van der Waals surface area contributed by atoms with E-state index in [0.29, 0.717) is 24.1 Å². The zero-order valence-electron chi connectivity index (χ0n) is 23.5. The molecule has 1 aromatic heterocycles. The van der Waals surface area contributed by atoms with E-state index >= 15 is 0 Å². The molecule has 4 atom stereocenters. The zero-order valence-corrected chi connectivity index (χ0v) is 23.5. The lowest BCUT2D eigenvalue weighted by Crippen LogP contribution is -2.50. The summed E-state index contributed by atoms with van der Waals surface area (Å²) in [4.78, 5) is 37.9. The Labute approximate surface area is 232 Å². The van der Waals surface area contributed by atoms with Gasteiger partial charge in [0.15, 0.2) is 0 Å². The molecule has 2 saturated carbocycles. The Kier molecular flexibility index (Phi) is 9.40. The molecule has 2 amide bonds. The molecule has 208 valence electrons. The number of hydrogen-bond donors (Lipinski definition) is 2. The zero-order chi connectivity index (χ0) is 28.0. The molecule has 7 nitrogen and oxygen atoms in total. The number of nitrogens with zero attached hydrogens (tertiary/aromatic N) is 3. The van der Waals surface area contributed by atoms with Crippen LogP contribution in [-0.2, 0) is 15.0 Å². The van der Waals surface area contributed by atoms with E-state index in [1.54, 1.807) is 23.4 Å². The maximum atomic E-state index is 14.5. The van der Waals surface area contributed by atoms with Gasteiger partial charge in [-0.15, -0.1) is 0 Å². The number of nitrogens with one attached hydrogen (secondary N) is 1. The summed E-state index contributed by atoms with van der Waals surface area (Å²) in [6.45, 7) is 13.9. The maximum absolute atomic E-state index is 14.5. The average Bonchev–Trinajstić information content (AvgIpc) is 2.95. The molecule has 7 heteroatoms. The third kappa shape index (κ3) is 6.86. The lowest BCUT2D eigenvalue weighted by molar-refractivity contribution is -0.131. The summed E-state index contributed by atoms with van der Waals surface area (Å²) in [7, 11) is 0. The Morgan fingerprint density at radius 1 is 1.03 bits per heavy atom. The van der Waals surface area contributed by atoms with Crippen LogP contribution in [-0.4, -0.2) is 34.2 Å². The molecule has 39 heavy (non-hydrogen) atoms. The second kappa shape index (κ2) is 12.7. The Hall–Kier alpha value is -3.24. The predicted molar refractivity (Wildman–Crippen MR) is 153 cm³/mol. The number of benzene rings is 1. The smallest absolute Gasteiger partial charge is 0.328 e. The van der Waals surface area contributed by atoms with Gasteiger partial charge in [-0.05, 0) is 54.9 Å². The van der Waals surface area contributed by atoms with Crippen molar-refractivity contribution in [3.8, 4) is 0 Å². The fraction of sp³-hybridized carbons (Fsp3) is 0.562. The molecule has 2 N–H and O–H groups in total. The minimum absolute atomic E-state index is 0.0668. The summed E-state index contributed by atoms with van der Waals surface area (Å²) in [5, 5.41) is 13.8. The summed E-state index contributed by atoms with van der Waals surface area (Å²) in [5.74, 6) is -1.46. The minimum atomic E-state index is -1.24. The van der Waals surface area contributed by atoms with E-state index in [4.69, 9.17) is 6.57 Å². The highest BCUT2D eigenvalue weighted by molar-refractivity contribution is 6.02. The van der Waals surface area contributed by atoms with Crippen molar-refractivity contribution in [2.75, 3.05) is 4.90 Å². The lowest BCUT2D eigenvalue weighted by Gasteiger charge is -2.38. The minimum Gasteiger partial charge on any atom is -0.351 e. The van der Waals surface area contributed by atoms with Crippen molar-refractivity contribution < 1.29 is 14.7 Å². The van der Waals surface area contributed by atoms with Crippen LogP contribution in [0, 0.1) is 18.4 Å². The third-order valence-corrected chi connectivity index (χ3v) is 8.36. The van der Waals surface area contributed by atoms with E-state index in [1.807, 2.05) is 30.3 Å². The Morgan fingerprint density at radius 2 is 1.69 bits per heavy atom. The van der Waals surface area contributed by atoms with Gasteiger partial charge in [0.1, 0.15) is 6.04 Å². The molecule has 4 rings (SSSR count). The van der Waals surface area contributed by atoms with Crippen molar-refractivity contribution >= 4 is 17.5 Å². The Morgan fingerprint density at radius 3 is 2.31 bits per heavy atom. The van der Waals surface area contributed by atoms with Crippen molar-refractivity contribution in [3.63, 3.8) is 0 Å². The van der Waals surface area contributed by atoms with Crippen molar-refractivity contribution in [3.05, 3.63) is 71.3 Å². The molecule has 0 saturated heterocycles. The van der Waals surface area contributed by atoms with Crippen LogP contribution in [0.1, 0.15) is 95.7 Å². The molecule has 1 heterocycles. The van der Waals surface area contributed by atoms with Gasteiger partial charge < -0.3 is 10.4 Å². The van der Waals surface area contributed by atoms with Gasteiger partial charge in [0.25, 0.3) is 0 Å². The van der Waals surface area contributed by atoms with Crippen molar-refractivity contribution in [2.24, 2.45) is 11.8 Å². The number of aliphatic hydroxyl groups excluding tert-OH is 1. The molecule has 2 aliphatic rings. The molecule has 2 aromatic rings. The van der Waals surface area contributed by atoms with Gasteiger partial charge >= 0.3 is 6.23 Å². The van der Waals surface area contributed by atoms with Crippen LogP contribution in [0.15, 0.2) is 48.8 Å². The SMILES string of the molecule is [C-]#[N+]C(O)C1CCCC[C@@H]1C(=O)N(c1ccc(C(C)(C)C)cc1)C(C(=O)NC1CCCCC1)c1cccnc1. The largest absolute Gasteiger partial charge is 0.351 e. The van der Waals surface area contributed by atoms with E-state index in [2.05, 4.69) is 35.9 Å². The highest BCUT2D eigenvalue weighted by Crippen LogP contribution is 2.39. The van der Waals surface area contributed by atoms with Gasteiger partial charge in [0.2, 0.25) is 11.8 Å². The molecular weight excluding hydrogens is 488 g/mol. The van der Waals surface area contributed by atoms with Crippen LogP contribution in [0.3, 0.4) is 0 Å². The standard InChI is InChI=1S/C32H42N4O3/c1-32(2,3)23-16-18-25(19-17-23)36(31(39)27-15-9-8-14-26(27)29(37)33-4)28(22-11-10-20-34-21-22)30(38)35-24-12-6-5-7-13-24/h10-11,16-21,24,26-29,37H,5-9,12-15H2,1-3H3,(H,35,38)/t26?,27-,28?,29?/m0/s1. The maximum Gasteiger partial charge on any atom is 0.328 e. The Bertz CT molecular complexity index is 1150. The summed E-state index contributed by atoms with van der Waals surface area (Å²) in [5.41, 5.74) is 2.32.